The zero-order valence-electron chi connectivity index (χ0n) is 14.5. The third-order valence-corrected chi connectivity index (χ3v) is 5.56. The fourth-order valence-electron chi connectivity index (χ4n) is 4.27. The average molecular weight is 348 g/mol. The number of rotatable bonds is 5. The summed E-state index contributed by atoms with van der Waals surface area (Å²) in [6.07, 6.45) is 2.53. The van der Waals surface area contributed by atoms with Crippen molar-refractivity contribution in [2.75, 3.05) is 19.6 Å². The van der Waals surface area contributed by atoms with Crippen LogP contribution in [0.25, 0.3) is 0 Å². The molecule has 1 aromatic rings. The molecule has 1 amide bonds. The SMILES string of the molecule is CCN1CCCC1CN1C(=O)CCC(C(=O)O)C1c1ccccc1F. The number of hydrogen-bond acceptors (Lipinski definition) is 3. The van der Waals surface area contributed by atoms with Gasteiger partial charge in [0, 0.05) is 24.6 Å². The van der Waals surface area contributed by atoms with E-state index >= 15 is 0 Å². The maximum atomic E-state index is 14.4. The molecule has 3 atom stereocenters. The van der Waals surface area contributed by atoms with Crippen LogP contribution in [0.4, 0.5) is 4.39 Å². The number of likely N-dealkylation sites (tertiary alicyclic amines) is 2. The number of carboxylic acid groups (broad SMARTS) is 1. The van der Waals surface area contributed by atoms with Crippen molar-refractivity contribution in [3.05, 3.63) is 35.6 Å². The van der Waals surface area contributed by atoms with Crippen molar-refractivity contribution in [1.29, 1.82) is 0 Å². The van der Waals surface area contributed by atoms with Crippen LogP contribution in [0.5, 0.6) is 0 Å². The van der Waals surface area contributed by atoms with Crippen molar-refractivity contribution in [3.63, 3.8) is 0 Å². The molecule has 2 aliphatic heterocycles. The van der Waals surface area contributed by atoms with Gasteiger partial charge in [0.05, 0.1) is 12.0 Å². The molecule has 5 nitrogen and oxygen atoms in total. The van der Waals surface area contributed by atoms with Crippen molar-refractivity contribution in [1.82, 2.24) is 9.80 Å². The van der Waals surface area contributed by atoms with Gasteiger partial charge in [-0.25, -0.2) is 4.39 Å². The zero-order valence-corrected chi connectivity index (χ0v) is 14.5. The average Bonchev–Trinajstić information content (AvgIpc) is 3.04. The van der Waals surface area contributed by atoms with Crippen LogP contribution in [0.1, 0.15) is 44.2 Å². The summed E-state index contributed by atoms with van der Waals surface area (Å²) >= 11 is 0. The van der Waals surface area contributed by atoms with Crippen molar-refractivity contribution < 1.29 is 19.1 Å². The molecule has 6 heteroatoms. The van der Waals surface area contributed by atoms with E-state index in [0.29, 0.717) is 12.1 Å². The molecule has 25 heavy (non-hydrogen) atoms. The minimum absolute atomic E-state index is 0.0753. The van der Waals surface area contributed by atoms with E-state index in [-0.39, 0.29) is 24.8 Å². The van der Waals surface area contributed by atoms with Crippen LogP contribution >= 0.6 is 0 Å². The Morgan fingerprint density at radius 3 is 2.76 bits per heavy atom. The highest BCUT2D eigenvalue weighted by atomic mass is 19.1. The highest BCUT2D eigenvalue weighted by Gasteiger charge is 2.43. The Labute approximate surface area is 147 Å². The minimum atomic E-state index is -0.968. The van der Waals surface area contributed by atoms with Crippen molar-refractivity contribution >= 4 is 11.9 Å². The molecule has 2 saturated heterocycles. The molecule has 136 valence electrons. The lowest BCUT2D eigenvalue weighted by atomic mass is 9.83. The third-order valence-electron chi connectivity index (χ3n) is 5.56. The Kier molecular flexibility index (Phi) is 5.37. The maximum Gasteiger partial charge on any atom is 0.308 e. The van der Waals surface area contributed by atoms with Gasteiger partial charge in [0.1, 0.15) is 5.82 Å². The molecule has 1 aromatic carbocycles. The minimum Gasteiger partial charge on any atom is -0.481 e. The van der Waals surface area contributed by atoms with E-state index in [1.54, 1.807) is 23.1 Å². The summed E-state index contributed by atoms with van der Waals surface area (Å²) in [6, 6.07) is 5.70. The number of likely N-dealkylation sites (N-methyl/N-ethyl adjacent to an activating group) is 1. The number of carbonyl (C=O) groups excluding carboxylic acids is 1. The number of carboxylic acids is 1. The van der Waals surface area contributed by atoms with Crippen molar-refractivity contribution in [2.24, 2.45) is 5.92 Å². The van der Waals surface area contributed by atoms with E-state index in [1.807, 2.05) is 0 Å². The summed E-state index contributed by atoms with van der Waals surface area (Å²) in [4.78, 5) is 28.4. The lowest BCUT2D eigenvalue weighted by molar-refractivity contribution is -0.152. The van der Waals surface area contributed by atoms with Crippen LogP contribution in [0.15, 0.2) is 24.3 Å². The molecular weight excluding hydrogens is 323 g/mol. The van der Waals surface area contributed by atoms with E-state index < -0.39 is 23.7 Å². The number of hydrogen-bond donors (Lipinski definition) is 1. The molecule has 0 spiro atoms. The molecule has 0 aromatic heterocycles. The van der Waals surface area contributed by atoms with Gasteiger partial charge in [-0.3, -0.25) is 14.5 Å². The summed E-state index contributed by atoms with van der Waals surface area (Å²) in [6.45, 7) is 4.45. The standard InChI is InChI=1S/C19H25FN2O3/c1-2-21-11-5-6-13(21)12-22-17(23)10-9-15(19(24)25)18(22)14-7-3-4-8-16(14)20/h3-4,7-8,13,15,18H,2,5-6,9-12H2,1H3,(H,24,25). The van der Waals surface area contributed by atoms with Gasteiger partial charge in [-0.05, 0) is 38.4 Å². The van der Waals surface area contributed by atoms with Crippen LogP contribution in [0.3, 0.4) is 0 Å². The summed E-state index contributed by atoms with van der Waals surface area (Å²) in [5, 5.41) is 9.65. The number of benzene rings is 1. The van der Waals surface area contributed by atoms with Gasteiger partial charge >= 0.3 is 5.97 Å². The number of piperidine rings is 1. The van der Waals surface area contributed by atoms with Crippen molar-refractivity contribution in [3.8, 4) is 0 Å². The monoisotopic (exact) mass is 348 g/mol. The summed E-state index contributed by atoms with van der Waals surface area (Å²) in [5.74, 6) is -2.26. The summed E-state index contributed by atoms with van der Waals surface area (Å²) in [5.41, 5.74) is 0.309. The van der Waals surface area contributed by atoms with Gasteiger partial charge in [0.25, 0.3) is 0 Å². The van der Waals surface area contributed by atoms with Crippen LogP contribution in [0.2, 0.25) is 0 Å². The van der Waals surface area contributed by atoms with Crippen LogP contribution < -0.4 is 0 Å². The summed E-state index contributed by atoms with van der Waals surface area (Å²) < 4.78 is 14.4. The fourth-order valence-corrected chi connectivity index (χ4v) is 4.27. The molecule has 0 bridgehead atoms. The third kappa shape index (κ3) is 3.54. The Morgan fingerprint density at radius 1 is 1.32 bits per heavy atom. The second kappa shape index (κ2) is 7.52. The highest BCUT2D eigenvalue weighted by Crippen LogP contribution is 2.39. The van der Waals surface area contributed by atoms with Gasteiger partial charge in [-0.2, -0.15) is 0 Å². The first-order valence-electron chi connectivity index (χ1n) is 9.03. The van der Waals surface area contributed by atoms with Gasteiger partial charge in [0.2, 0.25) is 5.91 Å². The number of carbonyl (C=O) groups is 2. The predicted octanol–water partition coefficient (Wildman–Crippen LogP) is 2.67. The Balaban J connectivity index is 1.94. The van der Waals surface area contributed by atoms with E-state index in [0.717, 1.165) is 25.9 Å². The molecule has 0 radical (unpaired) electrons. The quantitative estimate of drug-likeness (QED) is 0.889. The molecule has 2 heterocycles. The van der Waals surface area contributed by atoms with E-state index in [4.69, 9.17) is 0 Å². The molecule has 3 rings (SSSR count). The first-order valence-corrected chi connectivity index (χ1v) is 9.03. The Morgan fingerprint density at radius 2 is 2.08 bits per heavy atom. The molecule has 2 fully saturated rings. The van der Waals surface area contributed by atoms with E-state index in [1.165, 1.54) is 6.07 Å². The largest absolute Gasteiger partial charge is 0.481 e. The van der Waals surface area contributed by atoms with Gasteiger partial charge in [-0.1, -0.05) is 25.1 Å². The molecule has 0 aliphatic carbocycles. The van der Waals surface area contributed by atoms with E-state index in [2.05, 4.69) is 11.8 Å². The van der Waals surface area contributed by atoms with Crippen LogP contribution in [-0.4, -0.2) is 52.5 Å². The Hall–Kier alpha value is -1.95. The molecule has 2 aliphatic rings. The lowest BCUT2D eigenvalue weighted by Gasteiger charge is -2.42. The van der Waals surface area contributed by atoms with Crippen LogP contribution in [0, 0.1) is 11.7 Å². The first-order chi connectivity index (χ1) is 12.0. The first kappa shape index (κ1) is 17.9. The van der Waals surface area contributed by atoms with Crippen molar-refractivity contribution in [2.45, 2.75) is 44.7 Å². The smallest absolute Gasteiger partial charge is 0.308 e. The van der Waals surface area contributed by atoms with Gasteiger partial charge < -0.3 is 10.0 Å². The molecule has 0 saturated carbocycles. The Bertz CT molecular complexity index is 651. The molecular formula is C19H25FN2O3. The number of aliphatic carboxylic acids is 1. The van der Waals surface area contributed by atoms with E-state index in [9.17, 15) is 19.1 Å². The van der Waals surface area contributed by atoms with Gasteiger partial charge in [0.15, 0.2) is 0 Å². The zero-order chi connectivity index (χ0) is 18.0. The predicted molar refractivity (Wildman–Crippen MR) is 91.5 cm³/mol. The second-order valence-electron chi connectivity index (χ2n) is 6.92. The van der Waals surface area contributed by atoms with Gasteiger partial charge in [-0.15, -0.1) is 0 Å². The fraction of sp³-hybridized carbons (Fsp3) is 0.579. The van der Waals surface area contributed by atoms with Crippen LogP contribution in [-0.2, 0) is 9.59 Å². The highest BCUT2D eigenvalue weighted by molar-refractivity contribution is 5.81. The second-order valence-corrected chi connectivity index (χ2v) is 6.92. The number of amides is 1. The molecule has 1 N–H and O–H groups in total. The number of halogens is 1. The molecule has 3 unspecified atom stereocenters. The topological polar surface area (TPSA) is 60.9 Å². The lowest BCUT2D eigenvalue weighted by Crippen LogP contribution is -2.50. The number of nitrogens with zero attached hydrogens (tertiary/aromatic N) is 2. The normalized spacial score (nSPS) is 27.7. The maximum absolute atomic E-state index is 14.4. The summed E-state index contributed by atoms with van der Waals surface area (Å²) in [7, 11) is 0.